The van der Waals surface area contributed by atoms with Crippen LogP contribution in [0.15, 0.2) is 18.2 Å². The first kappa shape index (κ1) is 29.6. The number of aliphatic hydroxyl groups excluding tert-OH is 2. The highest BCUT2D eigenvalue weighted by molar-refractivity contribution is 6.31. The summed E-state index contributed by atoms with van der Waals surface area (Å²) in [6, 6.07) is 3.64. The lowest BCUT2D eigenvalue weighted by Crippen LogP contribution is -2.53. The molecule has 0 saturated carbocycles. The number of hydrogen-bond acceptors (Lipinski definition) is 13. The van der Waals surface area contributed by atoms with Gasteiger partial charge in [-0.25, -0.2) is 0 Å². The zero-order valence-corrected chi connectivity index (χ0v) is 21.9. The molecule has 1 aliphatic heterocycles. The first-order valence-electron chi connectivity index (χ1n) is 12.4. The maximum Gasteiger partial charge on any atom is 0.202 e. The van der Waals surface area contributed by atoms with E-state index in [1.165, 1.54) is 25.3 Å². The number of phenolic OH excluding ortho intramolecular Hbond substituents is 2. The average Bonchev–Trinajstić information content (AvgIpc) is 2.90. The monoisotopic (exact) mass is 560 g/mol. The summed E-state index contributed by atoms with van der Waals surface area (Å²) in [5.74, 6) is -3.77. The van der Waals surface area contributed by atoms with Crippen LogP contribution >= 0.6 is 0 Å². The number of carbonyl (C=O) groups is 3. The lowest BCUT2D eigenvalue weighted by Gasteiger charge is -2.42. The molecule has 1 fully saturated rings. The minimum atomic E-state index is -2.24. The Morgan fingerprint density at radius 3 is 2.45 bits per heavy atom. The quantitative estimate of drug-likeness (QED) is 0.206. The van der Waals surface area contributed by atoms with Gasteiger partial charge in [0.2, 0.25) is 5.78 Å². The lowest BCUT2D eigenvalue weighted by atomic mass is 9.72. The van der Waals surface area contributed by atoms with Crippen LogP contribution in [-0.4, -0.2) is 86.7 Å². The van der Waals surface area contributed by atoms with Gasteiger partial charge in [-0.15, -0.1) is 0 Å². The van der Waals surface area contributed by atoms with Gasteiger partial charge in [0.1, 0.15) is 29.5 Å². The summed E-state index contributed by atoms with van der Waals surface area (Å²) in [5, 5.41) is 53.7. The number of Topliss-reactive ketones (excluding diaryl/α,β-unsaturated/α-hetero) is 1. The van der Waals surface area contributed by atoms with Crippen molar-refractivity contribution in [1.82, 2.24) is 6.15 Å². The fourth-order valence-electron chi connectivity index (χ4n) is 5.75. The number of hydrogen-bond donors (Lipinski definition) is 7. The summed E-state index contributed by atoms with van der Waals surface area (Å²) in [4.78, 5) is 39.7. The molecule has 0 aromatic heterocycles. The van der Waals surface area contributed by atoms with E-state index in [1.54, 1.807) is 6.92 Å². The second-order valence-electron chi connectivity index (χ2n) is 10.2. The Bertz CT molecular complexity index is 1380. The molecule has 0 radical (unpaired) electrons. The first-order valence-corrected chi connectivity index (χ1v) is 12.4. The summed E-state index contributed by atoms with van der Waals surface area (Å²) >= 11 is 0. The van der Waals surface area contributed by atoms with Gasteiger partial charge in [-0.2, -0.15) is 0 Å². The highest BCUT2D eigenvalue weighted by Gasteiger charge is 2.50. The van der Waals surface area contributed by atoms with E-state index >= 15 is 0 Å². The van der Waals surface area contributed by atoms with Crippen LogP contribution in [0.4, 0.5) is 0 Å². The van der Waals surface area contributed by atoms with E-state index in [2.05, 4.69) is 0 Å². The average molecular weight is 561 g/mol. The molecule has 0 bridgehead atoms. The van der Waals surface area contributed by atoms with Crippen molar-refractivity contribution in [2.45, 2.75) is 62.4 Å². The third-order valence-corrected chi connectivity index (χ3v) is 7.81. The Labute approximate surface area is 228 Å². The Hall–Kier alpha value is -3.43. The number of benzene rings is 2. The highest BCUT2D eigenvalue weighted by atomic mass is 16.7. The molecule has 5 rings (SSSR count). The van der Waals surface area contributed by atoms with Gasteiger partial charge in [0.25, 0.3) is 0 Å². The molecule has 3 aliphatic rings. The van der Waals surface area contributed by atoms with Crippen LogP contribution in [0.3, 0.4) is 0 Å². The van der Waals surface area contributed by atoms with Crippen LogP contribution in [0.1, 0.15) is 68.8 Å². The van der Waals surface area contributed by atoms with Crippen LogP contribution in [0.5, 0.6) is 17.2 Å². The fraction of sp³-hybridized carbons (Fsp3) is 0.444. The number of methoxy groups -OCH3 is 1. The van der Waals surface area contributed by atoms with E-state index in [0.717, 1.165) is 0 Å². The van der Waals surface area contributed by atoms with E-state index in [9.17, 15) is 39.9 Å². The van der Waals surface area contributed by atoms with Crippen molar-refractivity contribution in [2.75, 3.05) is 13.7 Å². The molecule has 0 unspecified atom stereocenters. The van der Waals surface area contributed by atoms with Crippen molar-refractivity contribution in [3.8, 4) is 17.2 Å². The van der Waals surface area contributed by atoms with E-state index in [-0.39, 0.29) is 40.6 Å². The van der Waals surface area contributed by atoms with Crippen LogP contribution in [0, 0.1) is 0 Å². The van der Waals surface area contributed by atoms with Crippen LogP contribution in [0.25, 0.3) is 0 Å². The summed E-state index contributed by atoms with van der Waals surface area (Å²) in [6.45, 7) is 0.560. The number of aromatic hydroxyl groups is 2. The molecule has 10 N–H and O–H groups in total. The third kappa shape index (κ3) is 4.36. The van der Waals surface area contributed by atoms with E-state index in [0.29, 0.717) is 0 Å². The topological polar surface area (TPSA) is 241 Å². The van der Waals surface area contributed by atoms with Gasteiger partial charge in [0.15, 0.2) is 17.9 Å². The molecular formula is C27H32N2O11. The molecule has 0 spiro atoms. The normalized spacial score (nSPS) is 29.1. The number of rotatable bonds is 5. The van der Waals surface area contributed by atoms with E-state index < -0.39 is 95.7 Å². The number of ether oxygens (including phenoxy) is 3. The number of aliphatic hydroxyl groups is 3. The van der Waals surface area contributed by atoms with Gasteiger partial charge in [0.05, 0.1) is 42.1 Å². The van der Waals surface area contributed by atoms with Crippen molar-refractivity contribution in [1.29, 1.82) is 0 Å². The molecular weight excluding hydrogens is 528 g/mol. The number of carbonyl (C=O) groups excluding carboxylic acids is 3. The van der Waals surface area contributed by atoms with Gasteiger partial charge >= 0.3 is 0 Å². The molecule has 6 atom stereocenters. The van der Waals surface area contributed by atoms with Crippen molar-refractivity contribution in [2.24, 2.45) is 5.73 Å². The molecule has 2 aromatic carbocycles. The predicted octanol–water partition coefficient (Wildman–Crippen LogP) is 0.163. The molecule has 1 heterocycles. The summed E-state index contributed by atoms with van der Waals surface area (Å²) in [5.41, 5.74) is 2.37. The molecule has 13 heteroatoms. The van der Waals surface area contributed by atoms with Crippen molar-refractivity contribution in [3.05, 3.63) is 51.6 Å². The Kier molecular flexibility index (Phi) is 7.77. The maximum absolute atomic E-state index is 13.6. The molecule has 216 valence electrons. The van der Waals surface area contributed by atoms with Crippen molar-refractivity contribution >= 4 is 17.3 Å². The van der Waals surface area contributed by atoms with Gasteiger partial charge in [-0.1, -0.05) is 12.1 Å². The number of ketones is 3. The van der Waals surface area contributed by atoms with Gasteiger partial charge < -0.3 is 51.6 Å². The molecule has 2 aromatic rings. The molecule has 1 saturated heterocycles. The third-order valence-electron chi connectivity index (χ3n) is 7.81. The van der Waals surface area contributed by atoms with E-state index in [4.69, 9.17) is 19.9 Å². The first-order chi connectivity index (χ1) is 18.4. The number of phenols is 2. The summed E-state index contributed by atoms with van der Waals surface area (Å²) < 4.78 is 17.0. The highest BCUT2D eigenvalue weighted by Crippen LogP contribution is 2.52. The fourth-order valence-corrected chi connectivity index (χ4v) is 5.75. The Morgan fingerprint density at radius 1 is 1.15 bits per heavy atom. The summed E-state index contributed by atoms with van der Waals surface area (Å²) in [7, 11) is 1.32. The van der Waals surface area contributed by atoms with Gasteiger partial charge in [-0.3, -0.25) is 14.4 Å². The van der Waals surface area contributed by atoms with Gasteiger partial charge in [0, 0.05) is 42.0 Å². The second kappa shape index (κ2) is 10.5. The van der Waals surface area contributed by atoms with Crippen molar-refractivity contribution < 1.29 is 54.1 Å². The molecule has 13 nitrogen and oxygen atoms in total. The van der Waals surface area contributed by atoms with Crippen molar-refractivity contribution in [3.63, 3.8) is 0 Å². The van der Waals surface area contributed by atoms with Crippen LogP contribution in [-0.2, 0) is 20.7 Å². The second-order valence-corrected chi connectivity index (χ2v) is 10.2. The minimum absolute atomic E-state index is 0. The molecule has 2 aliphatic carbocycles. The van der Waals surface area contributed by atoms with Crippen LogP contribution < -0.4 is 16.6 Å². The summed E-state index contributed by atoms with van der Waals surface area (Å²) in [6.07, 6.45) is -5.12. The predicted molar refractivity (Wildman–Crippen MR) is 137 cm³/mol. The zero-order chi connectivity index (χ0) is 28.4. The molecule has 40 heavy (non-hydrogen) atoms. The Morgan fingerprint density at radius 2 is 1.82 bits per heavy atom. The largest absolute Gasteiger partial charge is 0.507 e. The minimum Gasteiger partial charge on any atom is -0.507 e. The van der Waals surface area contributed by atoms with Gasteiger partial charge in [-0.05, 0) is 13.0 Å². The smallest absolute Gasteiger partial charge is 0.202 e. The van der Waals surface area contributed by atoms with E-state index in [1.807, 2.05) is 0 Å². The lowest BCUT2D eigenvalue weighted by molar-refractivity contribution is -0.247. The number of nitrogens with two attached hydrogens (primary N) is 1. The maximum atomic E-state index is 13.6. The molecule has 0 amide bonds. The SMILES string of the molecule is COc1cccc2c1C(=O)c1c(O)c3c(c(O)c1C2=O)C[C@@](O)(C(=O)CO)C[C@@H]3O[C@H]1C[C@H](N)[C@H](O)[C@H](C)O1.N. The Balaban J connectivity index is 0.00000370. The van der Waals surface area contributed by atoms with Crippen LogP contribution in [0.2, 0.25) is 0 Å². The zero-order valence-electron chi connectivity index (χ0n) is 21.9. The standard InChI is InChI=1S/C27H29NO11.H3N/c1-10-22(31)13(28)6-17(38-10)39-15-8-27(36,16(30)9-29)7-12-19(15)26(35)21-20(24(12)33)23(32)11-4-3-5-14(37-2)18(11)25(21)34;/h3-5,10,13,15,17,22,29,31,33,35-36H,6-9,28H2,1-2H3;1H3/t10-,13-,15-,17-,22+,27-;/m0./s1. The number of fused-ring (bicyclic) bond motifs is 3.